The number of nitrogens with one attached hydrogen (secondary N) is 2. The molecule has 2 atom stereocenters. The summed E-state index contributed by atoms with van der Waals surface area (Å²) in [4.78, 5) is 23.5. The third-order valence-electron chi connectivity index (χ3n) is 7.13. The third-order valence-corrected chi connectivity index (χ3v) is 9.09. The molecule has 0 fully saturated rings. The van der Waals surface area contributed by atoms with Gasteiger partial charge in [0.05, 0.1) is 5.69 Å². The normalized spacial score (nSPS) is 17.8. The molecule has 2 heterocycles. The summed E-state index contributed by atoms with van der Waals surface area (Å²) in [6, 6.07) is 15.0. The number of aromatic nitrogens is 1. The summed E-state index contributed by atoms with van der Waals surface area (Å²) in [7, 11) is -4.46. The summed E-state index contributed by atoms with van der Waals surface area (Å²) in [5.41, 5.74) is 3.90. The third kappa shape index (κ3) is 5.21. The van der Waals surface area contributed by atoms with Gasteiger partial charge in [-0.1, -0.05) is 66.7 Å². The molecule has 41 heavy (non-hydrogen) atoms. The Kier molecular flexibility index (Phi) is 7.41. The van der Waals surface area contributed by atoms with Crippen molar-refractivity contribution in [3.8, 4) is 11.3 Å². The van der Waals surface area contributed by atoms with Crippen molar-refractivity contribution in [2.45, 2.75) is 44.5 Å². The van der Waals surface area contributed by atoms with Gasteiger partial charge in [0.1, 0.15) is 11.6 Å². The van der Waals surface area contributed by atoms with Crippen LogP contribution in [0.1, 0.15) is 47.1 Å². The second kappa shape index (κ2) is 10.8. The van der Waals surface area contributed by atoms with Crippen LogP contribution in [0.5, 0.6) is 0 Å². The van der Waals surface area contributed by atoms with Crippen LogP contribution in [0.3, 0.4) is 0 Å². The molecule has 2 aromatic heterocycles. The summed E-state index contributed by atoms with van der Waals surface area (Å²) in [5.74, 6) is -1.66. The van der Waals surface area contributed by atoms with E-state index in [4.69, 9.17) is 8.94 Å². The van der Waals surface area contributed by atoms with Crippen LogP contribution in [-0.2, 0) is 14.8 Å². The Hall–Kier alpha value is -4.48. The molecular weight excluding hydrogens is 546 g/mol. The minimum Gasteiger partial charge on any atom is -0.480 e. The lowest BCUT2D eigenvalue weighted by atomic mass is 9.96. The van der Waals surface area contributed by atoms with Crippen LogP contribution < -0.4 is 10.0 Å². The Morgan fingerprint density at radius 3 is 2.49 bits per heavy atom. The molecule has 0 radical (unpaired) electrons. The first-order chi connectivity index (χ1) is 19.5. The van der Waals surface area contributed by atoms with Gasteiger partial charge in [-0.25, -0.2) is 8.42 Å². The van der Waals surface area contributed by atoms with E-state index in [0.29, 0.717) is 33.6 Å². The summed E-state index contributed by atoms with van der Waals surface area (Å²) in [6.45, 7) is 5.06. The molecule has 3 N–H and O–H groups in total. The number of amides is 1. The van der Waals surface area contributed by atoms with E-state index in [1.165, 1.54) is 6.08 Å². The van der Waals surface area contributed by atoms with Crippen molar-refractivity contribution in [3.05, 3.63) is 95.4 Å². The van der Waals surface area contributed by atoms with E-state index in [9.17, 15) is 23.1 Å². The zero-order valence-electron chi connectivity index (χ0n) is 22.7. The smallest absolute Gasteiger partial charge is 0.321 e. The fourth-order valence-electron chi connectivity index (χ4n) is 4.89. The second-order valence-corrected chi connectivity index (χ2v) is 11.9. The molecule has 4 aromatic rings. The van der Waals surface area contributed by atoms with E-state index in [1.807, 2.05) is 36.4 Å². The largest absolute Gasteiger partial charge is 0.480 e. The minimum atomic E-state index is -4.46. The number of benzene rings is 2. The molecule has 0 bridgehead atoms. The molecule has 212 valence electrons. The first-order valence-electron chi connectivity index (χ1n) is 13.0. The van der Waals surface area contributed by atoms with Crippen molar-refractivity contribution >= 4 is 38.4 Å². The van der Waals surface area contributed by atoms with Crippen molar-refractivity contribution in [3.63, 3.8) is 0 Å². The number of fused-ring (bicyclic) bond motifs is 1. The van der Waals surface area contributed by atoms with Gasteiger partial charge in [-0.15, -0.1) is 0 Å². The van der Waals surface area contributed by atoms with Crippen LogP contribution >= 0.6 is 0 Å². The number of hydrogen-bond acceptors (Lipinski definition) is 7. The van der Waals surface area contributed by atoms with Gasteiger partial charge in [-0.2, -0.15) is 4.72 Å². The number of aliphatic carboxylic acids is 1. The van der Waals surface area contributed by atoms with Crippen LogP contribution in [0.25, 0.3) is 27.9 Å². The maximum atomic E-state index is 13.8. The number of furan rings is 1. The van der Waals surface area contributed by atoms with Gasteiger partial charge < -0.3 is 19.4 Å². The Balaban J connectivity index is 1.54. The molecule has 10 nitrogen and oxygen atoms in total. The maximum Gasteiger partial charge on any atom is 0.321 e. The molecular formula is C30H29N3O7S. The molecule has 5 rings (SSSR count). The van der Waals surface area contributed by atoms with E-state index in [0.717, 1.165) is 11.1 Å². The second-order valence-electron chi connectivity index (χ2n) is 9.89. The van der Waals surface area contributed by atoms with Crippen LogP contribution in [0, 0.1) is 13.8 Å². The molecule has 0 saturated carbocycles. The molecule has 1 aliphatic rings. The zero-order valence-corrected chi connectivity index (χ0v) is 23.5. The van der Waals surface area contributed by atoms with Gasteiger partial charge in [0.25, 0.3) is 5.91 Å². The van der Waals surface area contributed by atoms with E-state index < -0.39 is 32.8 Å². The Bertz CT molecular complexity index is 1800. The van der Waals surface area contributed by atoms with Crippen LogP contribution in [0.4, 0.5) is 0 Å². The number of carboxylic acid groups (broad SMARTS) is 1. The van der Waals surface area contributed by atoms with Crippen molar-refractivity contribution in [1.29, 1.82) is 0 Å². The zero-order chi connectivity index (χ0) is 29.4. The first-order valence-corrected chi connectivity index (χ1v) is 14.5. The Morgan fingerprint density at radius 2 is 1.88 bits per heavy atom. The topological polar surface area (TPSA) is 152 Å². The maximum absolute atomic E-state index is 13.8. The predicted octanol–water partition coefficient (Wildman–Crippen LogP) is 4.96. The molecule has 2 aromatic carbocycles. The number of carbonyl (C=O) groups is 2. The predicted molar refractivity (Wildman–Crippen MR) is 153 cm³/mol. The van der Waals surface area contributed by atoms with Gasteiger partial charge in [-0.05, 0) is 43.5 Å². The number of allylic oxidation sites excluding steroid dienone is 2. The lowest BCUT2D eigenvalue weighted by Gasteiger charge is -2.33. The number of sulfonamides is 1. The Morgan fingerprint density at radius 1 is 1.12 bits per heavy atom. The van der Waals surface area contributed by atoms with Crippen LogP contribution in [-0.4, -0.2) is 41.5 Å². The number of aryl methyl sites for hydroxylation is 2. The lowest BCUT2D eigenvalue weighted by Crippen LogP contribution is -2.59. The van der Waals surface area contributed by atoms with Gasteiger partial charge in [0.2, 0.25) is 10.0 Å². The molecule has 0 saturated heterocycles. The minimum absolute atomic E-state index is 0.0139. The fourth-order valence-corrected chi connectivity index (χ4v) is 6.52. The van der Waals surface area contributed by atoms with Crippen molar-refractivity contribution < 1.29 is 32.1 Å². The highest BCUT2D eigenvalue weighted by atomic mass is 32.2. The van der Waals surface area contributed by atoms with Crippen molar-refractivity contribution in [2.24, 2.45) is 0 Å². The van der Waals surface area contributed by atoms with E-state index in [-0.39, 0.29) is 18.6 Å². The first kappa shape index (κ1) is 28.1. The molecule has 0 spiro atoms. The SMILES string of the molecule is CCC(NS(=O)(=O)C1(NC(=O)c2oc3cccc(-c4cc(C)no4)c3c2C)C=CC(c2ccccc2)=CC1)C(=O)O. The van der Waals surface area contributed by atoms with E-state index in [1.54, 1.807) is 51.1 Å². The van der Waals surface area contributed by atoms with Gasteiger partial charge in [0, 0.05) is 29.0 Å². The summed E-state index contributed by atoms with van der Waals surface area (Å²) < 4.78 is 41.2. The molecule has 1 aliphatic carbocycles. The highest BCUT2D eigenvalue weighted by Gasteiger charge is 2.46. The fraction of sp³-hybridized carbons (Fsp3) is 0.233. The van der Waals surface area contributed by atoms with Gasteiger partial charge in [-0.3, -0.25) is 9.59 Å². The Labute approximate surface area is 236 Å². The number of carboxylic acids is 1. The molecule has 0 aliphatic heterocycles. The average Bonchev–Trinajstić information content (AvgIpc) is 3.55. The average molecular weight is 576 g/mol. The molecule has 1 amide bonds. The summed E-state index contributed by atoms with van der Waals surface area (Å²) >= 11 is 0. The lowest BCUT2D eigenvalue weighted by molar-refractivity contribution is -0.139. The number of hydrogen-bond donors (Lipinski definition) is 3. The van der Waals surface area contributed by atoms with Gasteiger partial charge >= 0.3 is 5.97 Å². The standard InChI is InChI=1S/C30H29N3O7S/c1-4-23(29(35)36)33-41(37,38)30(15-13-21(14-16-30)20-9-6-5-7-10-20)31-28(34)27-19(3)26-22(11-8-12-24(26)39-27)25-17-18(2)32-40-25/h5-15,17,23,33H,4,16H2,1-3H3,(H,31,34)(H,35,36). The van der Waals surface area contributed by atoms with E-state index in [2.05, 4.69) is 15.2 Å². The van der Waals surface area contributed by atoms with Crippen LogP contribution in [0.15, 0.2) is 81.8 Å². The monoisotopic (exact) mass is 575 g/mol. The van der Waals surface area contributed by atoms with Gasteiger partial charge in [0.15, 0.2) is 16.4 Å². The number of rotatable bonds is 9. The van der Waals surface area contributed by atoms with Crippen molar-refractivity contribution in [1.82, 2.24) is 15.2 Å². The quantitative estimate of drug-likeness (QED) is 0.253. The van der Waals surface area contributed by atoms with E-state index >= 15 is 0 Å². The molecule has 2 unspecified atom stereocenters. The summed E-state index contributed by atoms with van der Waals surface area (Å²) in [6.07, 6.45) is 4.56. The molecule has 11 heteroatoms. The highest BCUT2D eigenvalue weighted by molar-refractivity contribution is 7.91. The highest BCUT2D eigenvalue weighted by Crippen LogP contribution is 2.36. The van der Waals surface area contributed by atoms with Crippen molar-refractivity contribution in [2.75, 3.05) is 0 Å². The summed E-state index contributed by atoms with van der Waals surface area (Å²) in [5, 5.41) is 16.8. The number of carbonyl (C=O) groups excluding carboxylic acids is 1. The van der Waals surface area contributed by atoms with Crippen LogP contribution in [0.2, 0.25) is 0 Å². The number of nitrogens with zero attached hydrogens (tertiary/aromatic N) is 1.